The van der Waals surface area contributed by atoms with Crippen molar-refractivity contribution in [2.24, 2.45) is 5.10 Å². The van der Waals surface area contributed by atoms with Crippen molar-refractivity contribution >= 4 is 43.8 Å². The molecule has 0 bridgehead atoms. The Morgan fingerprint density at radius 1 is 1.18 bits per heavy atom. The van der Waals surface area contributed by atoms with Crippen molar-refractivity contribution in [1.82, 2.24) is 14.9 Å². The first-order valence-corrected chi connectivity index (χ1v) is 12.2. The molecule has 0 radical (unpaired) electrons. The van der Waals surface area contributed by atoms with Crippen molar-refractivity contribution < 1.29 is 18.0 Å². The van der Waals surface area contributed by atoms with E-state index in [-0.39, 0.29) is 29.7 Å². The van der Waals surface area contributed by atoms with Gasteiger partial charge in [-0.3, -0.25) is 9.59 Å². The topological polar surface area (TPSA) is 103 Å². The fraction of sp³-hybridized carbons (Fsp3) is 0.647. The van der Waals surface area contributed by atoms with Crippen molar-refractivity contribution in [1.29, 1.82) is 0 Å². The van der Waals surface area contributed by atoms with Crippen LogP contribution in [0, 0.1) is 0 Å². The van der Waals surface area contributed by atoms with Crippen LogP contribution in [-0.2, 0) is 19.4 Å². The summed E-state index contributed by atoms with van der Waals surface area (Å²) in [4.78, 5) is 33.6. The number of carbonyl (C=O) groups is 2. The monoisotopic (exact) mass is 425 g/mol. The van der Waals surface area contributed by atoms with Crippen LogP contribution in [0.3, 0.4) is 0 Å². The van der Waals surface area contributed by atoms with Crippen LogP contribution in [-0.4, -0.2) is 84.6 Å². The second-order valence-corrected chi connectivity index (χ2v) is 10.4. The van der Waals surface area contributed by atoms with E-state index < -0.39 is 15.9 Å². The number of carbonyl (C=O) groups excluding carboxylic acids is 2. The lowest BCUT2D eigenvalue weighted by molar-refractivity contribution is -0.134. The average molecular weight is 426 g/mol. The fourth-order valence-electron chi connectivity index (χ4n) is 3.85. The van der Waals surface area contributed by atoms with Crippen LogP contribution in [0.15, 0.2) is 16.7 Å². The van der Waals surface area contributed by atoms with E-state index in [1.54, 1.807) is 22.4 Å². The van der Waals surface area contributed by atoms with E-state index in [1.165, 1.54) is 5.01 Å². The number of thiazole rings is 1. The molecule has 1 atom stereocenters. The van der Waals surface area contributed by atoms with E-state index in [2.05, 4.69) is 15.0 Å². The molecule has 2 amide bonds. The van der Waals surface area contributed by atoms with Gasteiger partial charge in [0.2, 0.25) is 5.91 Å². The SMILES string of the molecule is O=C(C1=NN(C2CCS(=O)(=O)C2)C(=O)CC1)N1CCCN(c2nccs2)CC1. The van der Waals surface area contributed by atoms with Crippen molar-refractivity contribution in [3.05, 3.63) is 11.6 Å². The Balaban J connectivity index is 1.45. The van der Waals surface area contributed by atoms with E-state index in [9.17, 15) is 18.0 Å². The molecule has 0 aromatic carbocycles. The van der Waals surface area contributed by atoms with Gasteiger partial charge in [0.05, 0.1) is 17.5 Å². The number of amides is 2. The number of hydrogen-bond donors (Lipinski definition) is 0. The van der Waals surface area contributed by atoms with Gasteiger partial charge in [-0.05, 0) is 12.8 Å². The molecular formula is C17H23N5O4S2. The standard InChI is InChI=1S/C17H23N5O4S2/c23-15-3-2-14(19-22(15)13-4-11-28(25,26)12-13)16(24)20-6-1-7-21(9-8-20)17-18-5-10-27-17/h5,10,13H,1-4,6-9,11-12H2. The molecule has 2 fully saturated rings. The Kier molecular flexibility index (Phi) is 5.37. The minimum Gasteiger partial charge on any atom is -0.346 e. The molecule has 152 valence electrons. The number of rotatable bonds is 3. The van der Waals surface area contributed by atoms with Gasteiger partial charge in [0, 0.05) is 50.6 Å². The van der Waals surface area contributed by atoms with E-state index in [0.717, 1.165) is 18.1 Å². The second kappa shape index (κ2) is 7.78. The predicted molar refractivity (Wildman–Crippen MR) is 106 cm³/mol. The first kappa shape index (κ1) is 19.3. The highest BCUT2D eigenvalue weighted by molar-refractivity contribution is 7.91. The van der Waals surface area contributed by atoms with E-state index in [1.807, 2.05) is 5.38 Å². The van der Waals surface area contributed by atoms with Gasteiger partial charge in [-0.15, -0.1) is 11.3 Å². The zero-order valence-corrected chi connectivity index (χ0v) is 17.1. The highest BCUT2D eigenvalue weighted by Crippen LogP contribution is 2.23. The Hall–Kier alpha value is -2.01. The number of hydrogen-bond acceptors (Lipinski definition) is 8. The number of sulfone groups is 1. The highest BCUT2D eigenvalue weighted by Gasteiger charge is 2.38. The van der Waals surface area contributed by atoms with Gasteiger partial charge in [-0.1, -0.05) is 0 Å². The lowest BCUT2D eigenvalue weighted by Crippen LogP contribution is -2.45. The first-order valence-electron chi connectivity index (χ1n) is 9.47. The lowest BCUT2D eigenvalue weighted by atomic mass is 10.1. The van der Waals surface area contributed by atoms with Gasteiger partial charge in [0.25, 0.3) is 5.91 Å². The molecule has 0 aliphatic carbocycles. The molecule has 3 aliphatic heterocycles. The number of aromatic nitrogens is 1. The molecule has 3 aliphatic rings. The lowest BCUT2D eigenvalue weighted by Gasteiger charge is -2.29. The Labute approximate surface area is 167 Å². The summed E-state index contributed by atoms with van der Waals surface area (Å²) in [6, 6.07) is -0.454. The van der Waals surface area contributed by atoms with Crippen molar-refractivity contribution in [3.8, 4) is 0 Å². The summed E-state index contributed by atoms with van der Waals surface area (Å²) < 4.78 is 23.5. The molecule has 9 nitrogen and oxygen atoms in total. The molecule has 0 spiro atoms. The molecule has 1 unspecified atom stereocenters. The van der Waals surface area contributed by atoms with Crippen LogP contribution in [0.1, 0.15) is 25.7 Å². The van der Waals surface area contributed by atoms with Gasteiger partial charge in [0.1, 0.15) is 5.71 Å². The average Bonchev–Trinajstić information content (AvgIpc) is 3.25. The van der Waals surface area contributed by atoms with Gasteiger partial charge in [-0.2, -0.15) is 5.10 Å². The fourth-order valence-corrected chi connectivity index (χ4v) is 6.23. The third kappa shape index (κ3) is 4.04. The Morgan fingerprint density at radius 3 is 2.75 bits per heavy atom. The summed E-state index contributed by atoms with van der Waals surface area (Å²) in [6.45, 7) is 2.75. The first-order chi connectivity index (χ1) is 13.4. The van der Waals surface area contributed by atoms with Crippen molar-refractivity contribution in [3.63, 3.8) is 0 Å². The van der Waals surface area contributed by atoms with E-state index in [0.29, 0.717) is 38.2 Å². The molecule has 2 saturated heterocycles. The molecule has 11 heteroatoms. The Morgan fingerprint density at radius 2 is 2.04 bits per heavy atom. The normalized spacial score (nSPS) is 25.6. The summed E-state index contributed by atoms with van der Waals surface area (Å²) in [5.74, 6) is -0.362. The summed E-state index contributed by atoms with van der Waals surface area (Å²) in [5, 5.41) is 8.46. The highest BCUT2D eigenvalue weighted by atomic mass is 32.2. The molecular weight excluding hydrogens is 402 g/mol. The quantitative estimate of drug-likeness (QED) is 0.692. The third-order valence-electron chi connectivity index (χ3n) is 5.33. The van der Waals surface area contributed by atoms with Gasteiger partial charge < -0.3 is 9.80 Å². The van der Waals surface area contributed by atoms with Gasteiger partial charge >= 0.3 is 0 Å². The smallest absolute Gasteiger partial charge is 0.270 e. The Bertz CT molecular complexity index is 883. The zero-order chi connectivity index (χ0) is 19.7. The zero-order valence-electron chi connectivity index (χ0n) is 15.5. The minimum absolute atomic E-state index is 0.0684. The minimum atomic E-state index is -3.13. The van der Waals surface area contributed by atoms with Gasteiger partial charge in [-0.25, -0.2) is 18.4 Å². The molecule has 1 aromatic rings. The van der Waals surface area contributed by atoms with Crippen molar-refractivity contribution in [2.45, 2.75) is 31.7 Å². The number of hydrazone groups is 1. The maximum Gasteiger partial charge on any atom is 0.270 e. The van der Waals surface area contributed by atoms with Crippen LogP contribution >= 0.6 is 11.3 Å². The molecule has 0 N–H and O–H groups in total. The largest absolute Gasteiger partial charge is 0.346 e. The maximum atomic E-state index is 13.0. The van der Waals surface area contributed by atoms with E-state index in [4.69, 9.17) is 0 Å². The maximum absolute atomic E-state index is 13.0. The van der Waals surface area contributed by atoms with E-state index >= 15 is 0 Å². The van der Waals surface area contributed by atoms with Crippen LogP contribution in [0.2, 0.25) is 0 Å². The molecule has 1 aromatic heterocycles. The van der Waals surface area contributed by atoms with Crippen LogP contribution in [0.4, 0.5) is 5.13 Å². The summed E-state index contributed by atoms with van der Waals surface area (Å²) in [7, 11) is -3.13. The predicted octanol–water partition coefficient (Wildman–Crippen LogP) is 0.347. The van der Waals surface area contributed by atoms with Crippen LogP contribution in [0.5, 0.6) is 0 Å². The number of anilines is 1. The second-order valence-electron chi connectivity index (χ2n) is 7.29. The van der Waals surface area contributed by atoms with Crippen LogP contribution < -0.4 is 4.90 Å². The summed E-state index contributed by atoms with van der Waals surface area (Å²) in [6.07, 6.45) is 3.49. The third-order valence-corrected chi connectivity index (χ3v) is 7.92. The molecule has 4 rings (SSSR count). The summed E-state index contributed by atoms with van der Waals surface area (Å²) in [5.41, 5.74) is 0.353. The van der Waals surface area contributed by atoms with Crippen LogP contribution in [0.25, 0.3) is 0 Å². The number of nitrogens with zero attached hydrogens (tertiary/aromatic N) is 5. The molecule has 0 saturated carbocycles. The van der Waals surface area contributed by atoms with Gasteiger partial charge in [0.15, 0.2) is 15.0 Å². The van der Waals surface area contributed by atoms with Crippen molar-refractivity contribution in [2.75, 3.05) is 42.6 Å². The summed E-state index contributed by atoms with van der Waals surface area (Å²) >= 11 is 1.59. The molecule has 4 heterocycles. The molecule has 28 heavy (non-hydrogen) atoms.